The van der Waals surface area contributed by atoms with E-state index in [4.69, 9.17) is 0 Å². The minimum atomic E-state index is -0.405. The van der Waals surface area contributed by atoms with Crippen LogP contribution in [0.4, 0.5) is 11.5 Å². The predicted molar refractivity (Wildman–Crippen MR) is 109 cm³/mol. The number of aromatic nitrogens is 2. The van der Waals surface area contributed by atoms with Gasteiger partial charge >= 0.3 is 0 Å². The molecule has 4 rings (SSSR count). The van der Waals surface area contributed by atoms with E-state index in [9.17, 15) is 14.9 Å². The number of nitrogens with zero attached hydrogens (tertiary/aromatic N) is 4. The first-order chi connectivity index (χ1) is 14.1. The zero-order valence-electron chi connectivity index (χ0n) is 15.8. The van der Waals surface area contributed by atoms with Crippen LogP contribution in [0.2, 0.25) is 0 Å². The lowest BCUT2D eigenvalue weighted by atomic mass is 9.95. The number of hydrogen-bond donors (Lipinski definition) is 1. The van der Waals surface area contributed by atoms with E-state index in [0.29, 0.717) is 6.54 Å². The van der Waals surface area contributed by atoms with Crippen LogP contribution in [-0.2, 0) is 11.3 Å². The highest BCUT2D eigenvalue weighted by molar-refractivity contribution is 5.83. The number of carbonyl (C=O) groups is 1. The van der Waals surface area contributed by atoms with Crippen molar-refractivity contribution in [1.29, 1.82) is 0 Å². The SMILES string of the molecule is O=C(NCc1cccnc1)C1CCN(c2ccc3cc([N+](=O)[O-])ccc3n2)CC1. The standard InChI is InChI=1S/C21H21N5O3/c27-21(23-14-15-2-1-9-22-13-15)16-7-10-25(11-8-16)20-6-3-17-12-18(26(28)29)4-5-19(17)24-20/h1-6,9,12-13,16H,7-8,10-11,14H2,(H,23,27). The van der Waals surface area contributed by atoms with Gasteiger partial charge in [-0.1, -0.05) is 6.07 Å². The molecule has 0 atom stereocenters. The van der Waals surface area contributed by atoms with Crippen LogP contribution in [0.15, 0.2) is 54.9 Å². The van der Waals surface area contributed by atoms with E-state index in [1.54, 1.807) is 18.5 Å². The maximum atomic E-state index is 12.5. The van der Waals surface area contributed by atoms with E-state index < -0.39 is 4.92 Å². The number of amides is 1. The lowest BCUT2D eigenvalue weighted by Gasteiger charge is -2.32. The van der Waals surface area contributed by atoms with Gasteiger partial charge in [0.05, 0.1) is 10.4 Å². The van der Waals surface area contributed by atoms with E-state index in [1.165, 1.54) is 12.1 Å². The normalized spacial score (nSPS) is 14.7. The third-order valence-corrected chi connectivity index (χ3v) is 5.25. The van der Waals surface area contributed by atoms with Crippen LogP contribution >= 0.6 is 0 Å². The van der Waals surface area contributed by atoms with Crippen molar-refractivity contribution in [3.63, 3.8) is 0 Å². The smallest absolute Gasteiger partial charge is 0.270 e. The number of nitrogens with one attached hydrogen (secondary N) is 1. The average molecular weight is 391 g/mol. The molecule has 0 bridgehead atoms. The van der Waals surface area contributed by atoms with Crippen molar-refractivity contribution >= 4 is 28.3 Å². The second-order valence-corrected chi connectivity index (χ2v) is 7.14. The van der Waals surface area contributed by atoms with Gasteiger partial charge in [0, 0.05) is 55.5 Å². The Balaban J connectivity index is 1.35. The van der Waals surface area contributed by atoms with E-state index >= 15 is 0 Å². The van der Waals surface area contributed by atoms with Crippen LogP contribution in [0.25, 0.3) is 10.9 Å². The number of carbonyl (C=O) groups excluding carboxylic acids is 1. The zero-order valence-corrected chi connectivity index (χ0v) is 15.8. The highest BCUT2D eigenvalue weighted by Gasteiger charge is 2.25. The molecule has 1 aliphatic heterocycles. The summed E-state index contributed by atoms with van der Waals surface area (Å²) in [6, 6.07) is 12.2. The van der Waals surface area contributed by atoms with Gasteiger partial charge in [-0.05, 0) is 42.7 Å². The van der Waals surface area contributed by atoms with Gasteiger partial charge in [0.25, 0.3) is 5.69 Å². The van der Waals surface area contributed by atoms with Crippen molar-refractivity contribution < 1.29 is 9.72 Å². The van der Waals surface area contributed by atoms with Crippen molar-refractivity contribution in [3.8, 4) is 0 Å². The molecule has 2 aromatic heterocycles. The van der Waals surface area contributed by atoms with E-state index in [0.717, 1.165) is 48.2 Å². The first-order valence-corrected chi connectivity index (χ1v) is 9.57. The summed E-state index contributed by atoms with van der Waals surface area (Å²) in [6.45, 7) is 1.98. The number of non-ortho nitro benzene ring substituents is 1. The minimum absolute atomic E-state index is 0.00831. The van der Waals surface area contributed by atoms with Crippen LogP contribution in [0.3, 0.4) is 0 Å². The molecule has 1 saturated heterocycles. The second kappa shape index (κ2) is 8.22. The topological polar surface area (TPSA) is 101 Å². The fraction of sp³-hybridized carbons (Fsp3) is 0.286. The Kier molecular flexibility index (Phi) is 5.33. The summed E-state index contributed by atoms with van der Waals surface area (Å²) in [5, 5.41) is 14.6. The molecular formula is C21H21N5O3. The molecule has 1 N–H and O–H groups in total. The summed E-state index contributed by atoms with van der Waals surface area (Å²) in [6.07, 6.45) is 4.99. The molecule has 29 heavy (non-hydrogen) atoms. The van der Waals surface area contributed by atoms with Gasteiger partial charge in [0.1, 0.15) is 5.82 Å². The number of piperidine rings is 1. The molecular weight excluding hydrogens is 370 g/mol. The monoisotopic (exact) mass is 391 g/mol. The molecule has 1 aromatic carbocycles. The zero-order chi connectivity index (χ0) is 20.2. The summed E-state index contributed by atoms with van der Waals surface area (Å²) < 4.78 is 0. The quantitative estimate of drug-likeness (QED) is 0.530. The van der Waals surface area contributed by atoms with Crippen LogP contribution in [0, 0.1) is 16.0 Å². The second-order valence-electron chi connectivity index (χ2n) is 7.14. The molecule has 3 heterocycles. The summed E-state index contributed by atoms with van der Waals surface area (Å²) in [5.41, 5.74) is 1.77. The molecule has 0 saturated carbocycles. The number of rotatable bonds is 5. The Labute approximate surface area is 167 Å². The van der Waals surface area contributed by atoms with Gasteiger partial charge in [-0.3, -0.25) is 19.9 Å². The van der Waals surface area contributed by atoms with Crippen LogP contribution in [0.1, 0.15) is 18.4 Å². The predicted octanol–water partition coefficient (Wildman–Crippen LogP) is 3.07. The largest absolute Gasteiger partial charge is 0.357 e. The lowest BCUT2D eigenvalue weighted by Crippen LogP contribution is -2.40. The Morgan fingerprint density at radius 3 is 2.76 bits per heavy atom. The summed E-state index contributed by atoms with van der Waals surface area (Å²) >= 11 is 0. The van der Waals surface area contributed by atoms with Gasteiger partial charge in [-0.2, -0.15) is 0 Å². The fourth-order valence-electron chi connectivity index (χ4n) is 3.60. The first kappa shape index (κ1) is 18.8. The van der Waals surface area contributed by atoms with Crippen molar-refractivity contribution in [3.05, 3.63) is 70.5 Å². The highest BCUT2D eigenvalue weighted by atomic mass is 16.6. The van der Waals surface area contributed by atoms with Gasteiger partial charge in [0.2, 0.25) is 5.91 Å². The number of hydrogen-bond acceptors (Lipinski definition) is 6. The van der Waals surface area contributed by atoms with E-state index in [2.05, 4.69) is 20.2 Å². The molecule has 8 nitrogen and oxygen atoms in total. The number of anilines is 1. The van der Waals surface area contributed by atoms with Crippen LogP contribution in [-0.4, -0.2) is 33.9 Å². The minimum Gasteiger partial charge on any atom is -0.357 e. The molecule has 0 aliphatic carbocycles. The first-order valence-electron chi connectivity index (χ1n) is 9.57. The van der Waals surface area contributed by atoms with Crippen molar-refractivity contribution in [2.75, 3.05) is 18.0 Å². The molecule has 148 valence electrons. The van der Waals surface area contributed by atoms with Gasteiger partial charge < -0.3 is 10.2 Å². The third kappa shape index (κ3) is 4.31. The number of benzene rings is 1. The van der Waals surface area contributed by atoms with Gasteiger partial charge in [-0.15, -0.1) is 0 Å². The average Bonchev–Trinajstić information content (AvgIpc) is 2.77. The molecule has 0 radical (unpaired) electrons. The van der Waals surface area contributed by atoms with Crippen molar-refractivity contribution in [2.24, 2.45) is 5.92 Å². The number of nitro benzene ring substituents is 1. The van der Waals surface area contributed by atoms with Gasteiger partial charge in [0.15, 0.2) is 0 Å². The van der Waals surface area contributed by atoms with Gasteiger partial charge in [-0.25, -0.2) is 4.98 Å². The lowest BCUT2D eigenvalue weighted by molar-refractivity contribution is -0.384. The maximum Gasteiger partial charge on any atom is 0.270 e. The number of fused-ring (bicyclic) bond motifs is 1. The summed E-state index contributed by atoms with van der Waals surface area (Å²) in [5.74, 6) is 0.902. The van der Waals surface area contributed by atoms with E-state index in [-0.39, 0.29) is 17.5 Å². The Hall–Kier alpha value is -3.55. The fourth-order valence-corrected chi connectivity index (χ4v) is 3.60. The molecule has 8 heteroatoms. The summed E-state index contributed by atoms with van der Waals surface area (Å²) in [4.78, 5) is 33.8. The van der Waals surface area contributed by atoms with E-state index in [1.807, 2.05) is 24.3 Å². The maximum absolute atomic E-state index is 12.5. The molecule has 3 aromatic rings. The Morgan fingerprint density at radius 1 is 1.21 bits per heavy atom. The van der Waals surface area contributed by atoms with Crippen LogP contribution < -0.4 is 10.2 Å². The molecule has 0 spiro atoms. The molecule has 1 fully saturated rings. The van der Waals surface area contributed by atoms with Crippen molar-refractivity contribution in [1.82, 2.24) is 15.3 Å². The highest BCUT2D eigenvalue weighted by Crippen LogP contribution is 2.26. The number of pyridine rings is 2. The molecule has 1 aliphatic rings. The molecule has 0 unspecified atom stereocenters. The van der Waals surface area contributed by atoms with Crippen LogP contribution in [0.5, 0.6) is 0 Å². The Bertz CT molecular complexity index is 1030. The van der Waals surface area contributed by atoms with Crippen molar-refractivity contribution in [2.45, 2.75) is 19.4 Å². The Morgan fingerprint density at radius 2 is 2.03 bits per heavy atom. The molecule has 1 amide bonds. The number of nitro groups is 1. The summed E-state index contributed by atoms with van der Waals surface area (Å²) in [7, 11) is 0. The third-order valence-electron chi connectivity index (χ3n) is 5.25.